The molecule has 0 saturated carbocycles. The summed E-state index contributed by atoms with van der Waals surface area (Å²) in [5, 5.41) is 11.8. The van der Waals surface area contributed by atoms with E-state index < -0.39 is 12.0 Å². The van der Waals surface area contributed by atoms with Gasteiger partial charge in [0.05, 0.1) is 10.0 Å². The van der Waals surface area contributed by atoms with Crippen LogP contribution in [0.25, 0.3) is 21.9 Å². The smallest absolute Gasteiger partial charge is 0.320 e. The molecule has 4 aromatic rings. The number of hydrogen-bond acceptors (Lipinski definition) is 4. The van der Waals surface area contributed by atoms with Gasteiger partial charge in [0, 0.05) is 5.69 Å². The first-order chi connectivity index (χ1) is 15.8. The monoisotopic (exact) mass is 480 g/mol. The fourth-order valence-corrected chi connectivity index (χ4v) is 4.36. The van der Waals surface area contributed by atoms with Crippen molar-refractivity contribution >= 4 is 45.6 Å². The lowest BCUT2D eigenvalue weighted by molar-refractivity contribution is -0.138. The van der Waals surface area contributed by atoms with Crippen molar-refractivity contribution < 1.29 is 14.6 Å². The molecule has 1 atom stereocenters. The Balaban J connectivity index is 1.60. The van der Waals surface area contributed by atoms with E-state index in [1.54, 1.807) is 12.1 Å². The van der Waals surface area contributed by atoms with E-state index in [1.807, 2.05) is 42.5 Å². The predicted molar refractivity (Wildman–Crippen MR) is 134 cm³/mol. The average molecular weight is 481 g/mol. The van der Waals surface area contributed by atoms with Gasteiger partial charge in [-0.15, -0.1) is 0 Å². The van der Waals surface area contributed by atoms with E-state index in [1.165, 1.54) is 0 Å². The van der Waals surface area contributed by atoms with E-state index in [-0.39, 0.29) is 13.0 Å². The van der Waals surface area contributed by atoms with E-state index in [4.69, 9.17) is 44.5 Å². The van der Waals surface area contributed by atoms with Crippen molar-refractivity contribution in [2.45, 2.75) is 19.1 Å². The molecule has 0 aromatic heterocycles. The molecule has 5 N–H and O–H groups in total. The SMILES string of the molecule is Nc1cccc(-c2ccc3cccc(COc4c(Cl)cc(C[C@H](N)C(=O)O)cc4Cl)c3c2)c1. The molecule has 0 heterocycles. The third kappa shape index (κ3) is 5.22. The normalized spacial score (nSPS) is 12.0. The Kier molecular flexibility index (Phi) is 6.75. The quantitative estimate of drug-likeness (QED) is 0.284. The summed E-state index contributed by atoms with van der Waals surface area (Å²) < 4.78 is 6.00. The first kappa shape index (κ1) is 22.9. The van der Waals surface area contributed by atoms with Gasteiger partial charge in [0.25, 0.3) is 0 Å². The zero-order chi connectivity index (χ0) is 23.5. The average Bonchev–Trinajstić information content (AvgIpc) is 2.78. The van der Waals surface area contributed by atoms with E-state index in [9.17, 15) is 4.79 Å². The van der Waals surface area contributed by atoms with Crippen LogP contribution in [0.3, 0.4) is 0 Å². The molecule has 4 rings (SSSR count). The van der Waals surface area contributed by atoms with Crippen molar-refractivity contribution in [2.24, 2.45) is 5.73 Å². The highest BCUT2D eigenvalue weighted by atomic mass is 35.5. The van der Waals surface area contributed by atoms with Gasteiger partial charge in [0.1, 0.15) is 12.6 Å². The summed E-state index contributed by atoms with van der Waals surface area (Å²) in [5.41, 5.74) is 16.0. The summed E-state index contributed by atoms with van der Waals surface area (Å²) in [5.74, 6) is -0.744. The van der Waals surface area contributed by atoms with Crippen LogP contribution in [0.1, 0.15) is 11.1 Å². The van der Waals surface area contributed by atoms with Gasteiger partial charge in [-0.2, -0.15) is 0 Å². The molecule has 0 amide bonds. The molecule has 0 aliphatic carbocycles. The van der Waals surface area contributed by atoms with Gasteiger partial charge >= 0.3 is 5.97 Å². The van der Waals surface area contributed by atoms with Crippen LogP contribution in [0.4, 0.5) is 5.69 Å². The molecule has 168 valence electrons. The van der Waals surface area contributed by atoms with Crippen molar-refractivity contribution in [1.82, 2.24) is 0 Å². The molecule has 0 spiro atoms. The molecule has 0 radical (unpaired) electrons. The van der Waals surface area contributed by atoms with Crippen LogP contribution in [0.15, 0.2) is 72.8 Å². The van der Waals surface area contributed by atoms with Crippen molar-refractivity contribution in [3.63, 3.8) is 0 Å². The van der Waals surface area contributed by atoms with Crippen LogP contribution in [-0.2, 0) is 17.8 Å². The fourth-order valence-electron chi connectivity index (χ4n) is 3.72. The maximum atomic E-state index is 11.0. The van der Waals surface area contributed by atoms with E-state index >= 15 is 0 Å². The van der Waals surface area contributed by atoms with Crippen LogP contribution in [0.2, 0.25) is 10.0 Å². The number of nitrogens with two attached hydrogens (primary N) is 2. The fraction of sp³-hybridized carbons (Fsp3) is 0.115. The second-order valence-electron chi connectivity index (χ2n) is 7.80. The van der Waals surface area contributed by atoms with Crippen LogP contribution in [0, 0.1) is 0 Å². The molecule has 0 bridgehead atoms. The summed E-state index contributed by atoms with van der Waals surface area (Å²) in [6.07, 6.45) is 0.116. The Bertz CT molecular complexity index is 1320. The minimum Gasteiger partial charge on any atom is -0.486 e. The summed E-state index contributed by atoms with van der Waals surface area (Å²) in [6.45, 7) is 0.255. The molecule has 0 fully saturated rings. The van der Waals surface area contributed by atoms with Crippen molar-refractivity contribution in [2.75, 3.05) is 5.73 Å². The molecular formula is C26H22Cl2N2O3. The lowest BCUT2D eigenvalue weighted by Gasteiger charge is -2.14. The number of benzene rings is 4. The minimum absolute atomic E-state index is 0.116. The Morgan fingerprint density at radius 2 is 1.64 bits per heavy atom. The number of rotatable bonds is 7. The highest BCUT2D eigenvalue weighted by Gasteiger charge is 2.16. The summed E-state index contributed by atoms with van der Waals surface area (Å²) in [7, 11) is 0. The van der Waals surface area contributed by atoms with Gasteiger partial charge in [-0.3, -0.25) is 4.79 Å². The van der Waals surface area contributed by atoms with Gasteiger partial charge < -0.3 is 21.3 Å². The molecule has 0 unspecified atom stereocenters. The predicted octanol–water partition coefficient (Wildman–Crippen LogP) is 5.93. The molecule has 33 heavy (non-hydrogen) atoms. The molecule has 0 aliphatic rings. The summed E-state index contributed by atoms with van der Waals surface area (Å²) in [6, 6.07) is 22.2. The molecule has 7 heteroatoms. The second kappa shape index (κ2) is 9.71. The zero-order valence-electron chi connectivity index (χ0n) is 17.6. The number of ether oxygens (including phenoxy) is 1. The maximum absolute atomic E-state index is 11.0. The van der Waals surface area contributed by atoms with Crippen molar-refractivity contribution in [3.8, 4) is 16.9 Å². The number of anilines is 1. The van der Waals surface area contributed by atoms with Crippen LogP contribution in [-0.4, -0.2) is 17.1 Å². The van der Waals surface area contributed by atoms with Crippen LogP contribution < -0.4 is 16.2 Å². The van der Waals surface area contributed by atoms with Gasteiger partial charge in [-0.1, -0.05) is 65.7 Å². The number of aliphatic carboxylic acids is 1. The minimum atomic E-state index is -1.09. The molecule has 0 aliphatic heterocycles. The number of carboxylic acid groups (broad SMARTS) is 1. The number of hydrogen-bond donors (Lipinski definition) is 3. The topological polar surface area (TPSA) is 98.6 Å². The number of carboxylic acids is 1. The zero-order valence-corrected chi connectivity index (χ0v) is 19.1. The lowest BCUT2D eigenvalue weighted by Crippen LogP contribution is -2.32. The van der Waals surface area contributed by atoms with Gasteiger partial charge in [0.2, 0.25) is 0 Å². The Morgan fingerprint density at radius 3 is 2.33 bits per heavy atom. The lowest BCUT2D eigenvalue weighted by atomic mass is 9.98. The first-order valence-electron chi connectivity index (χ1n) is 10.3. The number of fused-ring (bicyclic) bond motifs is 1. The Hall–Kier alpha value is -3.25. The summed E-state index contributed by atoms with van der Waals surface area (Å²) in [4.78, 5) is 11.0. The molecule has 0 saturated heterocycles. The number of halogens is 2. The van der Waals surface area contributed by atoms with E-state index in [0.29, 0.717) is 27.0 Å². The molecule has 4 aromatic carbocycles. The third-order valence-corrected chi connectivity index (χ3v) is 5.96. The highest BCUT2D eigenvalue weighted by Crippen LogP contribution is 2.36. The molecular weight excluding hydrogens is 459 g/mol. The standard InChI is InChI=1S/C26H22Cl2N2O3/c27-22-9-15(11-24(30)26(31)32)10-23(28)25(22)33-14-19-5-1-3-16-7-8-18(13-21(16)19)17-4-2-6-20(29)12-17/h1-10,12-13,24H,11,14,29-30H2,(H,31,32)/t24-/m0/s1. The van der Waals surface area contributed by atoms with E-state index in [0.717, 1.165) is 27.5 Å². The molecule has 5 nitrogen and oxygen atoms in total. The number of carbonyl (C=O) groups is 1. The van der Waals surface area contributed by atoms with E-state index in [2.05, 4.69) is 18.2 Å². The summed E-state index contributed by atoms with van der Waals surface area (Å²) >= 11 is 12.8. The first-order valence-corrected chi connectivity index (χ1v) is 11.0. The second-order valence-corrected chi connectivity index (χ2v) is 8.62. The number of nitrogen functional groups attached to an aromatic ring is 1. The van der Waals surface area contributed by atoms with Crippen molar-refractivity contribution in [1.29, 1.82) is 0 Å². The van der Waals surface area contributed by atoms with Gasteiger partial charge in [-0.05, 0) is 69.8 Å². The van der Waals surface area contributed by atoms with Crippen LogP contribution in [0.5, 0.6) is 5.75 Å². The Labute approximate surface area is 201 Å². The maximum Gasteiger partial charge on any atom is 0.320 e. The van der Waals surface area contributed by atoms with Gasteiger partial charge in [-0.25, -0.2) is 0 Å². The van der Waals surface area contributed by atoms with Gasteiger partial charge in [0.15, 0.2) is 5.75 Å². The third-order valence-electron chi connectivity index (χ3n) is 5.40. The van der Waals surface area contributed by atoms with Crippen LogP contribution >= 0.6 is 23.2 Å². The largest absolute Gasteiger partial charge is 0.486 e. The highest BCUT2D eigenvalue weighted by molar-refractivity contribution is 6.37. The Morgan fingerprint density at radius 1 is 0.939 bits per heavy atom. The van der Waals surface area contributed by atoms with Crippen molar-refractivity contribution in [3.05, 3.63) is 94.0 Å².